The first kappa shape index (κ1) is 17.7. The molecule has 1 saturated heterocycles. The lowest BCUT2D eigenvalue weighted by Gasteiger charge is -2.33. The third-order valence-electron chi connectivity index (χ3n) is 3.44. The lowest BCUT2D eigenvalue weighted by atomic mass is 9.89. The summed E-state index contributed by atoms with van der Waals surface area (Å²) in [6, 6.07) is 6.08. The van der Waals surface area contributed by atoms with E-state index in [2.05, 4.69) is 17.2 Å². The van der Waals surface area contributed by atoms with Crippen LogP contribution in [0.4, 0.5) is 4.79 Å². The minimum atomic E-state index is -0.723. The van der Waals surface area contributed by atoms with E-state index >= 15 is 0 Å². The monoisotopic (exact) mass is 354 g/mol. The summed E-state index contributed by atoms with van der Waals surface area (Å²) in [6.45, 7) is 6.16. The molecule has 2 N–H and O–H groups in total. The number of amides is 2. The Kier molecular flexibility index (Phi) is 6.36. The number of ether oxygens (including phenoxy) is 1. The van der Waals surface area contributed by atoms with Gasteiger partial charge in [0.25, 0.3) is 0 Å². The van der Waals surface area contributed by atoms with E-state index in [0.717, 1.165) is 11.5 Å². The number of rotatable bonds is 6. The molecule has 0 bridgehead atoms. The van der Waals surface area contributed by atoms with Crippen molar-refractivity contribution in [3.8, 4) is 0 Å². The van der Waals surface area contributed by atoms with Crippen LogP contribution in [0, 0.1) is 5.92 Å². The van der Waals surface area contributed by atoms with Gasteiger partial charge in [-0.1, -0.05) is 43.3 Å². The molecule has 1 fully saturated rings. The van der Waals surface area contributed by atoms with Gasteiger partial charge in [0.1, 0.15) is 12.5 Å². The number of thioether (sulfide) groups is 1. The Morgan fingerprint density at radius 1 is 1.43 bits per heavy atom. The molecule has 1 heterocycles. The lowest BCUT2D eigenvalue weighted by molar-refractivity contribution is -0.147. The Morgan fingerprint density at radius 3 is 2.87 bits per heavy atom. The predicted molar refractivity (Wildman–Crippen MR) is 92.4 cm³/mol. The predicted octanol–water partition coefficient (Wildman–Crippen LogP) is 3.12. The molecule has 5 nitrogen and oxygen atoms in total. The Balaban J connectivity index is 2.19. The molecular weight excluding hydrogens is 336 g/mol. The van der Waals surface area contributed by atoms with Crippen molar-refractivity contribution in [3.63, 3.8) is 0 Å². The zero-order chi connectivity index (χ0) is 16.8. The fraction of sp³-hybridized carbons (Fsp3) is 0.375. The first-order chi connectivity index (χ1) is 11.0. The van der Waals surface area contributed by atoms with Gasteiger partial charge in [-0.25, -0.2) is 4.79 Å². The van der Waals surface area contributed by atoms with Crippen molar-refractivity contribution >= 4 is 35.4 Å². The van der Waals surface area contributed by atoms with Crippen molar-refractivity contribution in [2.24, 2.45) is 5.92 Å². The highest BCUT2D eigenvalue weighted by atomic mass is 35.5. The maximum Gasteiger partial charge on any atom is 0.319 e. The zero-order valence-electron chi connectivity index (χ0n) is 12.8. The van der Waals surface area contributed by atoms with E-state index < -0.39 is 24.0 Å². The van der Waals surface area contributed by atoms with E-state index in [1.165, 1.54) is 0 Å². The smallest absolute Gasteiger partial charge is 0.319 e. The van der Waals surface area contributed by atoms with E-state index in [-0.39, 0.29) is 0 Å². The highest BCUT2D eigenvalue weighted by molar-refractivity contribution is 7.99. The molecule has 1 aromatic rings. The van der Waals surface area contributed by atoms with Gasteiger partial charge in [0, 0.05) is 16.5 Å². The first-order valence-corrected chi connectivity index (χ1v) is 8.83. The molecule has 0 radical (unpaired) electrons. The second-order valence-corrected chi connectivity index (χ2v) is 6.77. The number of nitrogens with one attached hydrogen (secondary N) is 2. The molecule has 0 aromatic heterocycles. The van der Waals surface area contributed by atoms with Crippen molar-refractivity contribution in [3.05, 3.63) is 47.1 Å². The second-order valence-electron chi connectivity index (χ2n) is 4.96. The minimum absolute atomic E-state index is 0.312. The van der Waals surface area contributed by atoms with Crippen LogP contribution < -0.4 is 10.6 Å². The molecule has 0 spiro atoms. The number of urea groups is 1. The maximum atomic E-state index is 12.4. The molecule has 0 unspecified atom stereocenters. The van der Waals surface area contributed by atoms with E-state index in [0.29, 0.717) is 22.9 Å². The Hall–Kier alpha value is -1.66. The molecule has 124 valence electrons. The quantitative estimate of drug-likeness (QED) is 0.608. The molecule has 0 aliphatic carbocycles. The summed E-state index contributed by atoms with van der Waals surface area (Å²) in [5.41, 5.74) is 0.974. The number of carbonyl (C=O) groups is 2. The van der Waals surface area contributed by atoms with Crippen molar-refractivity contribution in [2.75, 3.05) is 18.1 Å². The van der Waals surface area contributed by atoms with Gasteiger partial charge in [-0.15, -0.1) is 0 Å². The number of carbonyl (C=O) groups excluding carboxylic acids is 2. The number of benzene rings is 1. The van der Waals surface area contributed by atoms with Crippen molar-refractivity contribution in [1.29, 1.82) is 0 Å². The van der Waals surface area contributed by atoms with Crippen LogP contribution in [-0.4, -0.2) is 30.1 Å². The van der Waals surface area contributed by atoms with Crippen LogP contribution in [0.1, 0.15) is 18.5 Å². The Morgan fingerprint density at radius 2 is 2.17 bits per heavy atom. The van der Waals surface area contributed by atoms with Gasteiger partial charge in [-0.3, -0.25) is 4.79 Å². The summed E-state index contributed by atoms with van der Waals surface area (Å²) in [4.78, 5) is 24.2. The van der Waals surface area contributed by atoms with Crippen LogP contribution in [0.25, 0.3) is 0 Å². The molecule has 23 heavy (non-hydrogen) atoms. The highest BCUT2D eigenvalue weighted by Gasteiger charge is 2.39. The minimum Gasteiger partial charge on any atom is -0.464 e. The summed E-state index contributed by atoms with van der Waals surface area (Å²) in [5, 5.41) is 5.75. The topological polar surface area (TPSA) is 67.4 Å². The summed E-state index contributed by atoms with van der Waals surface area (Å²) >= 11 is 7.90. The van der Waals surface area contributed by atoms with Gasteiger partial charge >= 0.3 is 12.0 Å². The Bertz CT molecular complexity index is 609. The van der Waals surface area contributed by atoms with Crippen LogP contribution >= 0.6 is 23.4 Å². The van der Waals surface area contributed by atoms with Crippen molar-refractivity contribution in [2.45, 2.75) is 13.0 Å². The van der Waals surface area contributed by atoms with E-state index in [4.69, 9.17) is 16.3 Å². The average molecular weight is 355 g/mol. The van der Waals surface area contributed by atoms with Crippen LogP contribution in [-0.2, 0) is 9.53 Å². The summed E-state index contributed by atoms with van der Waals surface area (Å²) in [5.74, 6) is 0.550. The second kappa shape index (κ2) is 8.26. The molecule has 1 aliphatic heterocycles. The lowest BCUT2D eigenvalue weighted by Crippen LogP contribution is -2.51. The SMILES string of the molecule is C=C1NC(=O)N[C@@H](c2ccccc2Cl)[C@@H]1C(=O)OCCSCC. The average Bonchev–Trinajstić information content (AvgIpc) is 2.51. The number of hydrogen-bond donors (Lipinski definition) is 2. The van der Waals surface area contributed by atoms with Crippen LogP contribution in [0.2, 0.25) is 5.02 Å². The van der Waals surface area contributed by atoms with Gasteiger partial charge in [0.05, 0.1) is 6.04 Å². The van der Waals surface area contributed by atoms with Crippen LogP contribution in [0.5, 0.6) is 0 Å². The molecule has 7 heteroatoms. The van der Waals surface area contributed by atoms with Gasteiger partial charge < -0.3 is 15.4 Å². The van der Waals surface area contributed by atoms with Gasteiger partial charge in [0.2, 0.25) is 0 Å². The molecule has 1 aromatic carbocycles. The number of halogens is 1. The van der Waals surface area contributed by atoms with Crippen molar-refractivity contribution in [1.82, 2.24) is 10.6 Å². The fourth-order valence-corrected chi connectivity index (χ4v) is 3.13. The Labute approximate surface area is 144 Å². The van der Waals surface area contributed by atoms with Gasteiger partial charge in [-0.05, 0) is 17.4 Å². The normalized spacial score (nSPS) is 20.6. The van der Waals surface area contributed by atoms with Crippen LogP contribution in [0.3, 0.4) is 0 Å². The maximum absolute atomic E-state index is 12.4. The number of esters is 1. The first-order valence-electron chi connectivity index (χ1n) is 7.29. The highest BCUT2D eigenvalue weighted by Crippen LogP contribution is 2.34. The van der Waals surface area contributed by atoms with Gasteiger partial charge in [-0.2, -0.15) is 11.8 Å². The molecule has 1 aliphatic rings. The molecule has 2 rings (SSSR count). The van der Waals surface area contributed by atoms with Crippen LogP contribution in [0.15, 0.2) is 36.5 Å². The zero-order valence-corrected chi connectivity index (χ0v) is 14.4. The van der Waals surface area contributed by atoms with Crippen molar-refractivity contribution < 1.29 is 14.3 Å². The van der Waals surface area contributed by atoms with Gasteiger partial charge in [0.15, 0.2) is 0 Å². The van der Waals surface area contributed by atoms with E-state index in [9.17, 15) is 9.59 Å². The third-order valence-corrected chi connectivity index (χ3v) is 4.65. The fourth-order valence-electron chi connectivity index (χ4n) is 2.38. The summed E-state index contributed by atoms with van der Waals surface area (Å²) in [7, 11) is 0. The largest absolute Gasteiger partial charge is 0.464 e. The third kappa shape index (κ3) is 4.42. The van der Waals surface area contributed by atoms with E-state index in [1.807, 2.05) is 6.92 Å². The summed E-state index contributed by atoms with van der Waals surface area (Å²) in [6.07, 6.45) is 0. The van der Waals surface area contributed by atoms with E-state index in [1.54, 1.807) is 36.0 Å². The number of hydrogen-bond acceptors (Lipinski definition) is 4. The summed E-state index contributed by atoms with van der Waals surface area (Å²) < 4.78 is 5.33. The molecule has 2 amide bonds. The molecular formula is C16H19ClN2O3S. The molecule has 0 saturated carbocycles. The molecule has 2 atom stereocenters. The standard InChI is InChI=1S/C16H19ClN2O3S/c1-3-23-9-8-22-15(20)13-10(2)18-16(21)19-14(13)11-6-4-5-7-12(11)17/h4-7,13-14H,2-3,8-9H2,1H3,(H2,18,19,21)/t13-,14+/m1/s1.